The predicted octanol–water partition coefficient (Wildman–Crippen LogP) is 5.56. The second-order valence-corrected chi connectivity index (χ2v) is 6.34. The van der Waals surface area contributed by atoms with Crippen LogP contribution in [0.3, 0.4) is 0 Å². The predicted molar refractivity (Wildman–Crippen MR) is 93.7 cm³/mol. The maximum absolute atomic E-state index is 12.7. The van der Waals surface area contributed by atoms with Crippen LogP contribution in [0.4, 0.5) is 13.2 Å². The van der Waals surface area contributed by atoms with Gasteiger partial charge in [-0.15, -0.1) is 0 Å². The zero-order valence-corrected chi connectivity index (χ0v) is 14.6. The third kappa shape index (κ3) is 6.42. The number of hydrogen-bond acceptors (Lipinski definition) is 2. The minimum absolute atomic E-state index is 0.167. The number of unbranched alkanes of at least 4 members (excludes halogenated alkanes) is 1. The molecule has 5 heteroatoms. The Kier molecular flexibility index (Phi) is 6.88. The van der Waals surface area contributed by atoms with Crippen LogP contribution in [-0.2, 0) is 6.18 Å². The fourth-order valence-electron chi connectivity index (χ4n) is 2.61. The highest BCUT2D eigenvalue weighted by atomic mass is 19.4. The lowest BCUT2D eigenvalue weighted by Gasteiger charge is -2.20. The summed E-state index contributed by atoms with van der Waals surface area (Å²) in [7, 11) is 4.07. The van der Waals surface area contributed by atoms with E-state index >= 15 is 0 Å². The Labute approximate surface area is 147 Å². The highest BCUT2D eigenvalue weighted by Crippen LogP contribution is 2.32. The van der Waals surface area contributed by atoms with E-state index in [9.17, 15) is 13.2 Å². The van der Waals surface area contributed by atoms with Gasteiger partial charge in [0.1, 0.15) is 11.9 Å². The average Bonchev–Trinajstić information content (AvgIpc) is 2.58. The van der Waals surface area contributed by atoms with Crippen LogP contribution in [0.2, 0.25) is 0 Å². The fraction of sp³-hybridized carbons (Fsp3) is 0.400. The largest absolute Gasteiger partial charge is 0.486 e. The monoisotopic (exact) mass is 351 g/mol. The highest BCUT2D eigenvalue weighted by Gasteiger charge is 2.30. The lowest BCUT2D eigenvalue weighted by molar-refractivity contribution is -0.137. The van der Waals surface area contributed by atoms with Gasteiger partial charge in [-0.25, -0.2) is 0 Å². The molecule has 2 nitrogen and oxygen atoms in total. The summed E-state index contributed by atoms with van der Waals surface area (Å²) in [6.45, 7) is 1.00. The molecule has 0 saturated carbocycles. The van der Waals surface area contributed by atoms with Gasteiger partial charge in [0.2, 0.25) is 0 Å². The first-order valence-electron chi connectivity index (χ1n) is 8.40. The van der Waals surface area contributed by atoms with Gasteiger partial charge in [0.25, 0.3) is 0 Å². The zero-order chi connectivity index (χ0) is 18.3. The minimum Gasteiger partial charge on any atom is -0.486 e. The van der Waals surface area contributed by atoms with E-state index in [-0.39, 0.29) is 6.10 Å². The second kappa shape index (κ2) is 8.90. The van der Waals surface area contributed by atoms with Crippen LogP contribution in [0.5, 0.6) is 5.75 Å². The van der Waals surface area contributed by atoms with E-state index in [0.717, 1.165) is 43.5 Å². The van der Waals surface area contributed by atoms with Crippen molar-refractivity contribution in [2.24, 2.45) is 0 Å². The summed E-state index contributed by atoms with van der Waals surface area (Å²) in [5, 5.41) is 0. The van der Waals surface area contributed by atoms with Crippen LogP contribution in [0.25, 0.3) is 0 Å². The van der Waals surface area contributed by atoms with Crippen LogP contribution in [0, 0.1) is 0 Å². The molecule has 0 aromatic heterocycles. The van der Waals surface area contributed by atoms with Crippen molar-refractivity contribution in [1.29, 1.82) is 0 Å². The smallest absolute Gasteiger partial charge is 0.416 e. The van der Waals surface area contributed by atoms with Gasteiger partial charge < -0.3 is 9.64 Å². The number of nitrogens with zero attached hydrogens (tertiary/aromatic N) is 1. The Morgan fingerprint density at radius 1 is 0.920 bits per heavy atom. The summed E-state index contributed by atoms with van der Waals surface area (Å²) < 4.78 is 44.0. The molecule has 0 N–H and O–H groups in total. The van der Waals surface area contributed by atoms with Gasteiger partial charge in [0, 0.05) is 0 Å². The van der Waals surface area contributed by atoms with E-state index < -0.39 is 11.7 Å². The molecule has 25 heavy (non-hydrogen) atoms. The number of alkyl halides is 3. The van der Waals surface area contributed by atoms with E-state index in [0.29, 0.717) is 5.75 Å². The molecule has 0 amide bonds. The molecule has 0 saturated heterocycles. The van der Waals surface area contributed by atoms with Crippen molar-refractivity contribution in [1.82, 2.24) is 4.90 Å². The third-order valence-electron chi connectivity index (χ3n) is 3.95. The van der Waals surface area contributed by atoms with Crippen molar-refractivity contribution in [2.75, 3.05) is 20.6 Å². The summed E-state index contributed by atoms with van der Waals surface area (Å²) in [6, 6.07) is 14.7. The van der Waals surface area contributed by atoms with E-state index in [1.54, 1.807) is 0 Å². The van der Waals surface area contributed by atoms with Gasteiger partial charge in [-0.2, -0.15) is 13.2 Å². The molecule has 0 bridgehead atoms. The molecule has 0 heterocycles. The number of hydrogen-bond donors (Lipinski definition) is 0. The lowest BCUT2D eigenvalue weighted by Crippen LogP contribution is -2.14. The number of benzene rings is 2. The summed E-state index contributed by atoms with van der Waals surface area (Å²) >= 11 is 0. The molecular formula is C20H24F3NO. The van der Waals surface area contributed by atoms with Crippen LogP contribution < -0.4 is 4.74 Å². The number of ether oxygens (including phenoxy) is 1. The van der Waals surface area contributed by atoms with Crippen molar-refractivity contribution < 1.29 is 17.9 Å². The van der Waals surface area contributed by atoms with Crippen molar-refractivity contribution >= 4 is 0 Å². The Bertz CT molecular complexity index is 624. The van der Waals surface area contributed by atoms with Crippen molar-refractivity contribution in [3.8, 4) is 5.75 Å². The van der Waals surface area contributed by atoms with Crippen LogP contribution in [-0.4, -0.2) is 25.5 Å². The van der Waals surface area contributed by atoms with Crippen LogP contribution >= 0.6 is 0 Å². The quantitative estimate of drug-likeness (QED) is 0.578. The first-order chi connectivity index (χ1) is 11.9. The van der Waals surface area contributed by atoms with Gasteiger partial charge in [0.15, 0.2) is 0 Å². The Hall–Kier alpha value is -2.01. The molecule has 1 atom stereocenters. The second-order valence-electron chi connectivity index (χ2n) is 6.34. The SMILES string of the molecule is CN(C)CCCCC(Oc1ccc(C(F)(F)F)cc1)c1ccccc1. The maximum Gasteiger partial charge on any atom is 0.416 e. The minimum atomic E-state index is -4.33. The first kappa shape index (κ1) is 19.3. The van der Waals surface area contributed by atoms with Gasteiger partial charge in [-0.3, -0.25) is 0 Å². The van der Waals surface area contributed by atoms with E-state index in [1.165, 1.54) is 12.1 Å². The lowest BCUT2D eigenvalue weighted by atomic mass is 10.0. The summed E-state index contributed by atoms with van der Waals surface area (Å²) in [5.41, 5.74) is 0.370. The highest BCUT2D eigenvalue weighted by molar-refractivity contribution is 5.30. The molecule has 0 fully saturated rings. The van der Waals surface area contributed by atoms with Crippen molar-refractivity contribution in [3.05, 3.63) is 65.7 Å². The Balaban J connectivity index is 2.05. The van der Waals surface area contributed by atoms with Crippen molar-refractivity contribution in [2.45, 2.75) is 31.5 Å². The molecule has 0 aliphatic rings. The van der Waals surface area contributed by atoms with Crippen molar-refractivity contribution in [3.63, 3.8) is 0 Å². The Morgan fingerprint density at radius 2 is 1.56 bits per heavy atom. The van der Waals surface area contributed by atoms with E-state index in [1.807, 2.05) is 44.4 Å². The normalized spacial score (nSPS) is 13.0. The topological polar surface area (TPSA) is 12.5 Å². The molecule has 0 aliphatic carbocycles. The van der Waals surface area contributed by atoms with Gasteiger partial charge in [-0.1, -0.05) is 30.3 Å². The molecule has 136 valence electrons. The van der Waals surface area contributed by atoms with Crippen LogP contribution in [0.15, 0.2) is 54.6 Å². The summed E-state index contributed by atoms with van der Waals surface area (Å²) in [4.78, 5) is 2.13. The molecule has 2 aromatic rings. The van der Waals surface area contributed by atoms with E-state index in [4.69, 9.17) is 4.74 Å². The zero-order valence-electron chi connectivity index (χ0n) is 14.6. The molecular weight excluding hydrogens is 327 g/mol. The molecule has 0 spiro atoms. The van der Waals surface area contributed by atoms with Crippen LogP contribution in [0.1, 0.15) is 36.5 Å². The molecule has 2 aromatic carbocycles. The fourth-order valence-corrected chi connectivity index (χ4v) is 2.61. The average molecular weight is 351 g/mol. The maximum atomic E-state index is 12.7. The van der Waals surface area contributed by atoms with Gasteiger partial charge in [-0.05, 0) is 69.7 Å². The van der Waals surface area contributed by atoms with E-state index in [2.05, 4.69) is 4.90 Å². The third-order valence-corrected chi connectivity index (χ3v) is 3.95. The molecule has 1 unspecified atom stereocenters. The number of halogens is 3. The Morgan fingerprint density at radius 3 is 2.12 bits per heavy atom. The number of rotatable bonds is 8. The molecule has 0 radical (unpaired) electrons. The van der Waals surface area contributed by atoms with Gasteiger partial charge >= 0.3 is 6.18 Å². The summed E-state index contributed by atoms with van der Waals surface area (Å²) in [6.07, 6.45) is -1.65. The first-order valence-corrected chi connectivity index (χ1v) is 8.40. The summed E-state index contributed by atoms with van der Waals surface area (Å²) in [5.74, 6) is 0.453. The van der Waals surface area contributed by atoms with Gasteiger partial charge in [0.05, 0.1) is 5.56 Å². The molecule has 0 aliphatic heterocycles. The standard InChI is InChI=1S/C20H24F3NO/c1-24(2)15-7-6-10-19(16-8-4-3-5-9-16)25-18-13-11-17(12-14-18)20(21,22)23/h3-5,8-9,11-14,19H,6-7,10,15H2,1-2H3. The molecule has 2 rings (SSSR count).